The zero-order chi connectivity index (χ0) is 26.0. The van der Waals surface area contributed by atoms with Gasteiger partial charge in [0.2, 0.25) is 11.8 Å². The molecule has 0 fully saturated rings. The standard InChI is InChI=1S/C25H32ClN9O/c1-14(2)36-24-20(15(3)19(27)22(33-24)28-10-11-34(4)5)31-25-30-12-18(26)21(32-25)17-13-35(6)23-16(17)8-7-9-29-23/h7-9,12-14H,10-11,27H2,1-6H3,(H,28,33)(H,30,31,32). The van der Waals surface area contributed by atoms with Crippen LogP contribution < -0.4 is 21.1 Å². The topological polar surface area (TPSA) is 119 Å². The van der Waals surface area contributed by atoms with Crippen molar-refractivity contribution in [2.45, 2.75) is 26.9 Å². The Hall–Kier alpha value is -3.63. The minimum atomic E-state index is -0.0967. The van der Waals surface area contributed by atoms with Crippen molar-refractivity contribution in [2.75, 3.05) is 43.6 Å². The van der Waals surface area contributed by atoms with Crippen molar-refractivity contribution in [1.29, 1.82) is 0 Å². The second-order valence-electron chi connectivity index (χ2n) is 9.12. The van der Waals surface area contributed by atoms with E-state index in [0.717, 1.165) is 28.7 Å². The molecule has 0 aliphatic heterocycles. The molecule has 0 atom stereocenters. The van der Waals surface area contributed by atoms with Gasteiger partial charge in [0, 0.05) is 49.0 Å². The highest BCUT2D eigenvalue weighted by Gasteiger charge is 2.20. The molecule has 36 heavy (non-hydrogen) atoms. The molecule has 4 heterocycles. The number of fused-ring (bicyclic) bond motifs is 1. The van der Waals surface area contributed by atoms with Gasteiger partial charge in [0.25, 0.3) is 0 Å². The summed E-state index contributed by atoms with van der Waals surface area (Å²) in [7, 11) is 5.97. The molecule has 0 unspecified atom stereocenters. The maximum absolute atomic E-state index is 6.54. The van der Waals surface area contributed by atoms with E-state index in [2.05, 4.69) is 30.5 Å². The Bertz CT molecular complexity index is 1380. The van der Waals surface area contributed by atoms with E-state index in [4.69, 9.17) is 27.1 Å². The number of halogens is 1. The zero-order valence-electron chi connectivity index (χ0n) is 21.4. The third-order valence-corrected chi connectivity index (χ3v) is 5.91. The molecule has 10 nitrogen and oxygen atoms in total. The quantitative estimate of drug-likeness (QED) is 0.300. The molecule has 0 aliphatic rings. The van der Waals surface area contributed by atoms with E-state index >= 15 is 0 Å². The lowest BCUT2D eigenvalue weighted by molar-refractivity contribution is 0.234. The first-order valence-corrected chi connectivity index (χ1v) is 12.1. The van der Waals surface area contributed by atoms with Gasteiger partial charge < -0.3 is 30.6 Å². The van der Waals surface area contributed by atoms with Crippen LogP contribution in [0.15, 0.2) is 30.7 Å². The highest BCUT2D eigenvalue weighted by atomic mass is 35.5. The summed E-state index contributed by atoms with van der Waals surface area (Å²) in [5, 5.41) is 7.96. The van der Waals surface area contributed by atoms with Gasteiger partial charge in [0.05, 0.1) is 28.7 Å². The number of rotatable bonds is 9. The number of nitrogens with one attached hydrogen (secondary N) is 2. The molecule has 4 rings (SSSR count). The Morgan fingerprint density at radius 2 is 2.00 bits per heavy atom. The van der Waals surface area contributed by atoms with E-state index in [1.165, 1.54) is 0 Å². The van der Waals surface area contributed by atoms with Gasteiger partial charge in [-0.1, -0.05) is 11.6 Å². The van der Waals surface area contributed by atoms with Gasteiger partial charge in [0.15, 0.2) is 5.82 Å². The van der Waals surface area contributed by atoms with Crippen LogP contribution in [0.3, 0.4) is 0 Å². The Kier molecular flexibility index (Phi) is 7.46. The molecule has 0 aromatic carbocycles. The fourth-order valence-corrected chi connectivity index (χ4v) is 4.00. The number of hydrogen-bond donors (Lipinski definition) is 3. The van der Waals surface area contributed by atoms with Crippen LogP contribution in [-0.4, -0.2) is 62.7 Å². The number of hydrogen-bond acceptors (Lipinski definition) is 9. The Balaban J connectivity index is 1.73. The lowest BCUT2D eigenvalue weighted by Gasteiger charge is -2.20. The van der Waals surface area contributed by atoms with Crippen molar-refractivity contribution in [3.63, 3.8) is 0 Å². The first kappa shape index (κ1) is 25.5. The van der Waals surface area contributed by atoms with Gasteiger partial charge in [-0.05, 0) is 47.0 Å². The fraction of sp³-hybridized carbons (Fsp3) is 0.360. The van der Waals surface area contributed by atoms with Gasteiger partial charge in [0.1, 0.15) is 11.3 Å². The lowest BCUT2D eigenvalue weighted by atomic mass is 10.1. The number of anilines is 4. The van der Waals surface area contributed by atoms with Crippen LogP contribution in [-0.2, 0) is 7.05 Å². The van der Waals surface area contributed by atoms with Crippen LogP contribution in [0.25, 0.3) is 22.3 Å². The molecular weight excluding hydrogens is 478 g/mol. The molecule has 0 saturated carbocycles. The Labute approximate surface area is 215 Å². The first-order valence-electron chi connectivity index (χ1n) is 11.7. The van der Waals surface area contributed by atoms with E-state index in [9.17, 15) is 0 Å². The number of pyridine rings is 2. The summed E-state index contributed by atoms with van der Waals surface area (Å²) in [6, 6.07) is 3.89. The first-order chi connectivity index (χ1) is 17.2. The smallest absolute Gasteiger partial charge is 0.240 e. The van der Waals surface area contributed by atoms with Crippen molar-refractivity contribution in [1.82, 2.24) is 29.4 Å². The van der Waals surface area contributed by atoms with Crippen LogP contribution in [0.4, 0.5) is 23.1 Å². The Morgan fingerprint density at radius 1 is 1.22 bits per heavy atom. The van der Waals surface area contributed by atoms with E-state index in [1.807, 2.05) is 64.8 Å². The largest absolute Gasteiger partial charge is 0.473 e. The molecule has 4 aromatic heterocycles. The lowest BCUT2D eigenvalue weighted by Crippen LogP contribution is -2.22. The predicted octanol–water partition coefficient (Wildman–Crippen LogP) is 4.47. The number of ether oxygens (including phenoxy) is 1. The van der Waals surface area contributed by atoms with Crippen molar-refractivity contribution >= 4 is 45.8 Å². The van der Waals surface area contributed by atoms with Crippen molar-refractivity contribution in [3.8, 4) is 17.1 Å². The van der Waals surface area contributed by atoms with Crippen LogP contribution in [0.2, 0.25) is 5.02 Å². The minimum absolute atomic E-state index is 0.0967. The van der Waals surface area contributed by atoms with Crippen LogP contribution in [0.5, 0.6) is 5.88 Å². The summed E-state index contributed by atoms with van der Waals surface area (Å²) in [4.78, 5) is 20.4. The van der Waals surface area contributed by atoms with E-state index in [1.54, 1.807) is 12.4 Å². The second kappa shape index (κ2) is 10.5. The van der Waals surface area contributed by atoms with Crippen LogP contribution in [0.1, 0.15) is 19.4 Å². The van der Waals surface area contributed by atoms with Crippen LogP contribution >= 0.6 is 11.6 Å². The van der Waals surface area contributed by atoms with Gasteiger partial charge in [-0.15, -0.1) is 0 Å². The fourth-order valence-electron chi connectivity index (χ4n) is 3.81. The number of nitrogen functional groups attached to an aromatic ring is 1. The average molecular weight is 510 g/mol. The summed E-state index contributed by atoms with van der Waals surface area (Å²) >= 11 is 6.54. The third-order valence-electron chi connectivity index (χ3n) is 5.63. The number of aromatic nitrogens is 5. The minimum Gasteiger partial charge on any atom is -0.473 e. The second-order valence-corrected chi connectivity index (χ2v) is 9.53. The van der Waals surface area contributed by atoms with Crippen molar-refractivity contribution in [3.05, 3.63) is 41.3 Å². The monoisotopic (exact) mass is 509 g/mol. The van der Waals surface area contributed by atoms with E-state index < -0.39 is 0 Å². The molecule has 0 spiro atoms. The molecule has 0 aliphatic carbocycles. The number of likely N-dealkylation sites (N-methyl/N-ethyl adjacent to an activating group) is 1. The number of nitrogens with two attached hydrogens (primary N) is 1. The molecular formula is C25H32ClN9O. The highest BCUT2D eigenvalue weighted by Crippen LogP contribution is 2.38. The van der Waals surface area contributed by atoms with Gasteiger partial charge in [-0.2, -0.15) is 4.98 Å². The summed E-state index contributed by atoms with van der Waals surface area (Å²) in [6.07, 6.45) is 5.20. The SMILES string of the molecule is Cc1c(N)c(NCCN(C)C)nc(OC(C)C)c1Nc1ncc(Cl)c(-c2cn(C)c3ncccc23)n1. The molecule has 4 aromatic rings. The molecule has 0 amide bonds. The van der Waals surface area contributed by atoms with Crippen molar-refractivity contribution < 1.29 is 4.74 Å². The molecule has 0 saturated heterocycles. The maximum atomic E-state index is 6.54. The predicted molar refractivity (Wildman–Crippen MR) is 146 cm³/mol. The Morgan fingerprint density at radius 3 is 2.72 bits per heavy atom. The highest BCUT2D eigenvalue weighted by molar-refractivity contribution is 6.33. The number of nitrogens with zero attached hydrogens (tertiary/aromatic N) is 6. The average Bonchev–Trinajstić information content (AvgIpc) is 3.16. The van der Waals surface area contributed by atoms with Gasteiger partial charge in [-0.3, -0.25) is 0 Å². The van der Waals surface area contributed by atoms with Gasteiger partial charge in [-0.25, -0.2) is 15.0 Å². The third kappa shape index (κ3) is 5.29. The molecule has 11 heteroatoms. The normalized spacial score (nSPS) is 11.5. The number of aryl methyl sites for hydroxylation is 1. The summed E-state index contributed by atoms with van der Waals surface area (Å²) in [5.74, 6) is 1.34. The zero-order valence-corrected chi connectivity index (χ0v) is 22.2. The van der Waals surface area contributed by atoms with E-state index in [-0.39, 0.29) is 6.10 Å². The summed E-state index contributed by atoms with van der Waals surface area (Å²) < 4.78 is 7.99. The van der Waals surface area contributed by atoms with Gasteiger partial charge >= 0.3 is 0 Å². The summed E-state index contributed by atoms with van der Waals surface area (Å²) in [6.45, 7) is 7.34. The summed E-state index contributed by atoms with van der Waals surface area (Å²) in [5.41, 5.74) is 10.7. The molecule has 190 valence electrons. The maximum Gasteiger partial charge on any atom is 0.240 e. The molecule has 0 bridgehead atoms. The van der Waals surface area contributed by atoms with Crippen molar-refractivity contribution in [2.24, 2.45) is 7.05 Å². The van der Waals surface area contributed by atoms with Crippen LogP contribution in [0, 0.1) is 6.92 Å². The molecule has 0 radical (unpaired) electrons. The molecule has 4 N–H and O–H groups in total. The van der Waals surface area contributed by atoms with E-state index in [0.29, 0.717) is 46.3 Å².